The fraction of sp³-hybridized carbons (Fsp3) is 0.294. The Bertz CT molecular complexity index is 832. The van der Waals surface area contributed by atoms with Crippen molar-refractivity contribution in [3.05, 3.63) is 59.7 Å². The molecule has 0 aliphatic rings. The van der Waals surface area contributed by atoms with E-state index < -0.39 is 46.7 Å². The summed E-state index contributed by atoms with van der Waals surface area (Å²) in [6.07, 6.45) is -11.7. The van der Waals surface area contributed by atoms with Crippen LogP contribution in [0, 0.1) is 0 Å². The van der Waals surface area contributed by atoms with Crippen LogP contribution in [0.1, 0.15) is 11.1 Å². The van der Waals surface area contributed by atoms with Gasteiger partial charge in [-0.2, -0.15) is 22.0 Å². The fourth-order valence-corrected chi connectivity index (χ4v) is 2.61. The average molecular weight is 416 g/mol. The number of ether oxygens (including phenoxy) is 2. The van der Waals surface area contributed by atoms with Gasteiger partial charge in [0.1, 0.15) is 11.5 Å². The molecular formula is C17H12F8O3. The highest BCUT2D eigenvalue weighted by Crippen LogP contribution is 2.55. The number of methoxy groups -OCH3 is 1. The quantitative estimate of drug-likeness (QED) is 0.696. The van der Waals surface area contributed by atoms with E-state index in [-0.39, 0.29) is 0 Å². The number of aliphatic hydroxyl groups is 1. The molecule has 0 saturated heterocycles. The maximum atomic E-state index is 14.5. The first-order valence-electron chi connectivity index (χ1n) is 7.41. The lowest BCUT2D eigenvalue weighted by Crippen LogP contribution is -2.55. The van der Waals surface area contributed by atoms with E-state index in [0.29, 0.717) is 18.2 Å². The summed E-state index contributed by atoms with van der Waals surface area (Å²) in [6, 6.07) is 6.67. The molecule has 2 aromatic rings. The normalized spacial score (nSPS) is 15.1. The largest absolute Gasteiger partial charge is 0.573 e. The average Bonchev–Trinajstić information content (AvgIpc) is 2.59. The molecule has 0 amide bonds. The van der Waals surface area contributed by atoms with E-state index in [4.69, 9.17) is 4.74 Å². The maximum absolute atomic E-state index is 14.5. The topological polar surface area (TPSA) is 38.7 Å². The Hall–Kier alpha value is -2.56. The molecule has 154 valence electrons. The van der Waals surface area contributed by atoms with Crippen molar-refractivity contribution in [3.63, 3.8) is 0 Å². The van der Waals surface area contributed by atoms with Crippen molar-refractivity contribution in [1.82, 2.24) is 0 Å². The van der Waals surface area contributed by atoms with Gasteiger partial charge < -0.3 is 14.6 Å². The third-order valence-electron chi connectivity index (χ3n) is 3.81. The molecule has 2 aromatic carbocycles. The maximum Gasteiger partial charge on any atom is 0.573 e. The van der Waals surface area contributed by atoms with E-state index in [9.17, 15) is 40.2 Å². The zero-order valence-corrected chi connectivity index (χ0v) is 13.9. The van der Waals surface area contributed by atoms with Gasteiger partial charge in [-0.05, 0) is 12.1 Å². The molecule has 1 N–H and O–H groups in total. The highest BCUT2D eigenvalue weighted by atomic mass is 19.4. The fourth-order valence-electron chi connectivity index (χ4n) is 2.61. The SMILES string of the molecule is COc1ccccc1C(O)(c1ccccc1OC(F)(F)F)C(F)(F)C(F)(F)F. The Labute approximate surface area is 153 Å². The van der Waals surface area contributed by atoms with Crippen LogP contribution < -0.4 is 9.47 Å². The van der Waals surface area contributed by atoms with Crippen LogP contribution in [0.3, 0.4) is 0 Å². The molecule has 1 unspecified atom stereocenters. The molecule has 0 saturated carbocycles. The number of hydrogen-bond donors (Lipinski definition) is 1. The minimum absolute atomic E-state index is 0.479. The van der Waals surface area contributed by atoms with Gasteiger partial charge >= 0.3 is 18.5 Å². The molecule has 0 bridgehead atoms. The molecule has 0 spiro atoms. The van der Waals surface area contributed by atoms with E-state index in [1.807, 2.05) is 0 Å². The van der Waals surface area contributed by atoms with E-state index in [0.717, 1.165) is 31.4 Å². The van der Waals surface area contributed by atoms with Crippen LogP contribution in [0.4, 0.5) is 35.1 Å². The van der Waals surface area contributed by atoms with Gasteiger partial charge in [0.2, 0.25) is 0 Å². The molecule has 0 aliphatic carbocycles. The molecule has 3 nitrogen and oxygen atoms in total. The number of hydrogen-bond acceptors (Lipinski definition) is 3. The molecule has 0 aliphatic heterocycles. The summed E-state index contributed by atoms with van der Waals surface area (Å²) in [5.74, 6) is -7.94. The first-order valence-corrected chi connectivity index (χ1v) is 7.41. The number of halogens is 8. The molecule has 0 aromatic heterocycles. The summed E-state index contributed by atoms with van der Waals surface area (Å²) >= 11 is 0. The van der Waals surface area contributed by atoms with Crippen LogP contribution in [0.25, 0.3) is 0 Å². The smallest absolute Gasteiger partial charge is 0.496 e. The van der Waals surface area contributed by atoms with Crippen molar-refractivity contribution in [2.24, 2.45) is 0 Å². The van der Waals surface area contributed by atoms with E-state index in [2.05, 4.69) is 4.74 Å². The van der Waals surface area contributed by atoms with Crippen molar-refractivity contribution in [2.75, 3.05) is 7.11 Å². The predicted octanol–water partition coefficient (Wildman–Crippen LogP) is 5.03. The zero-order valence-electron chi connectivity index (χ0n) is 13.9. The van der Waals surface area contributed by atoms with Gasteiger partial charge in [0.15, 0.2) is 5.60 Å². The summed E-state index contributed by atoms with van der Waals surface area (Å²) < 4.78 is 115. The molecule has 11 heteroatoms. The first kappa shape index (κ1) is 21.7. The van der Waals surface area contributed by atoms with Gasteiger partial charge in [-0.25, -0.2) is 0 Å². The van der Waals surface area contributed by atoms with Crippen LogP contribution in [0.2, 0.25) is 0 Å². The molecular weight excluding hydrogens is 404 g/mol. The van der Waals surface area contributed by atoms with Crippen molar-refractivity contribution in [1.29, 1.82) is 0 Å². The van der Waals surface area contributed by atoms with Crippen molar-refractivity contribution < 1.29 is 49.7 Å². The standard InChI is InChI=1S/C17H12F8O3/c1-27-12-8-4-2-6-10(12)14(26,15(18,19)16(20,21)22)11-7-3-5-9-13(11)28-17(23,24)25/h2-9,26H,1H3. The van der Waals surface area contributed by atoms with E-state index >= 15 is 0 Å². The number of para-hydroxylation sites is 2. The summed E-state index contributed by atoms with van der Waals surface area (Å²) in [5.41, 5.74) is -6.84. The van der Waals surface area contributed by atoms with Gasteiger partial charge in [-0.1, -0.05) is 36.4 Å². The second-order valence-corrected chi connectivity index (χ2v) is 5.53. The lowest BCUT2D eigenvalue weighted by atomic mass is 9.79. The van der Waals surface area contributed by atoms with Gasteiger partial charge in [0.05, 0.1) is 7.11 Å². The highest BCUT2D eigenvalue weighted by molar-refractivity contribution is 5.52. The minimum Gasteiger partial charge on any atom is -0.496 e. The first-order chi connectivity index (χ1) is 12.8. The van der Waals surface area contributed by atoms with Crippen LogP contribution >= 0.6 is 0 Å². The van der Waals surface area contributed by atoms with E-state index in [1.165, 1.54) is 6.07 Å². The zero-order chi connectivity index (χ0) is 21.4. The molecule has 0 heterocycles. The van der Waals surface area contributed by atoms with Gasteiger partial charge in [0.25, 0.3) is 0 Å². The summed E-state index contributed by atoms with van der Waals surface area (Å²) in [6.45, 7) is 0. The lowest BCUT2D eigenvalue weighted by molar-refractivity contribution is -0.337. The number of benzene rings is 2. The highest BCUT2D eigenvalue weighted by Gasteiger charge is 2.72. The lowest BCUT2D eigenvalue weighted by Gasteiger charge is -2.38. The van der Waals surface area contributed by atoms with Crippen molar-refractivity contribution in [2.45, 2.75) is 24.1 Å². The third-order valence-corrected chi connectivity index (χ3v) is 3.81. The van der Waals surface area contributed by atoms with Crippen LogP contribution in [0.5, 0.6) is 11.5 Å². The number of rotatable bonds is 5. The Morgan fingerprint density at radius 3 is 1.57 bits per heavy atom. The molecule has 2 rings (SSSR count). The van der Waals surface area contributed by atoms with Gasteiger partial charge in [-0.3, -0.25) is 0 Å². The summed E-state index contributed by atoms with van der Waals surface area (Å²) in [7, 11) is 0.934. The Morgan fingerprint density at radius 2 is 1.14 bits per heavy atom. The second kappa shape index (κ2) is 7.12. The Kier molecular flexibility index (Phi) is 5.52. The van der Waals surface area contributed by atoms with E-state index in [1.54, 1.807) is 0 Å². The Balaban J connectivity index is 2.90. The minimum atomic E-state index is -6.33. The van der Waals surface area contributed by atoms with Crippen LogP contribution in [0.15, 0.2) is 48.5 Å². The summed E-state index contributed by atoms with van der Waals surface area (Å²) in [5, 5.41) is 10.7. The monoisotopic (exact) mass is 416 g/mol. The van der Waals surface area contributed by atoms with Gasteiger partial charge in [0, 0.05) is 11.1 Å². The van der Waals surface area contributed by atoms with Crippen molar-refractivity contribution in [3.8, 4) is 11.5 Å². The molecule has 0 radical (unpaired) electrons. The molecule has 1 atom stereocenters. The van der Waals surface area contributed by atoms with Crippen LogP contribution in [-0.4, -0.2) is 30.7 Å². The third kappa shape index (κ3) is 3.71. The Morgan fingerprint density at radius 1 is 0.714 bits per heavy atom. The molecule has 0 fully saturated rings. The van der Waals surface area contributed by atoms with Crippen molar-refractivity contribution >= 4 is 0 Å². The second-order valence-electron chi connectivity index (χ2n) is 5.53. The predicted molar refractivity (Wildman–Crippen MR) is 80.1 cm³/mol. The van der Waals surface area contributed by atoms with Gasteiger partial charge in [-0.15, -0.1) is 13.2 Å². The number of alkyl halides is 8. The summed E-state index contributed by atoms with van der Waals surface area (Å²) in [4.78, 5) is 0. The van der Waals surface area contributed by atoms with Crippen LogP contribution in [-0.2, 0) is 5.60 Å². The molecule has 28 heavy (non-hydrogen) atoms.